The summed E-state index contributed by atoms with van der Waals surface area (Å²) in [5.74, 6) is 1.29. The summed E-state index contributed by atoms with van der Waals surface area (Å²) >= 11 is 1.62. The molecule has 0 heterocycles. The van der Waals surface area contributed by atoms with Gasteiger partial charge in [-0.25, -0.2) is 4.79 Å². The van der Waals surface area contributed by atoms with Gasteiger partial charge >= 0.3 is 6.09 Å². The first-order chi connectivity index (χ1) is 11.5. The van der Waals surface area contributed by atoms with Crippen molar-refractivity contribution >= 4 is 23.5 Å². The molecule has 0 saturated carbocycles. The van der Waals surface area contributed by atoms with Gasteiger partial charge in [-0.05, 0) is 48.6 Å². The Balaban J connectivity index is 1.64. The predicted octanol–water partition coefficient (Wildman–Crippen LogP) is 3.57. The molecule has 2 aromatic rings. The van der Waals surface area contributed by atoms with E-state index in [-0.39, 0.29) is 17.2 Å². The number of amides is 1. The van der Waals surface area contributed by atoms with Crippen molar-refractivity contribution < 1.29 is 19.6 Å². The highest BCUT2D eigenvalue weighted by atomic mass is 32.2. The van der Waals surface area contributed by atoms with Gasteiger partial charge in [0.25, 0.3) is 5.69 Å². The van der Waals surface area contributed by atoms with Gasteiger partial charge in [0.1, 0.15) is 11.5 Å². The number of nitrogens with one attached hydrogen (secondary N) is 1. The third kappa shape index (κ3) is 5.81. The number of aromatic hydroxyl groups is 1. The Hall–Kier alpha value is -2.74. The summed E-state index contributed by atoms with van der Waals surface area (Å²) in [7, 11) is 0. The summed E-state index contributed by atoms with van der Waals surface area (Å²) in [4.78, 5) is 22.7. The summed E-state index contributed by atoms with van der Waals surface area (Å²) in [6, 6.07) is 12.2. The molecule has 0 fully saturated rings. The van der Waals surface area contributed by atoms with E-state index in [1.165, 1.54) is 24.3 Å². The first-order valence-corrected chi connectivity index (χ1v) is 8.15. The minimum atomic E-state index is -0.599. The Morgan fingerprint density at radius 1 is 1.17 bits per heavy atom. The van der Waals surface area contributed by atoms with Crippen molar-refractivity contribution in [3.05, 3.63) is 58.6 Å². The molecule has 0 unspecified atom stereocenters. The van der Waals surface area contributed by atoms with Crippen LogP contribution < -0.4 is 10.1 Å². The highest BCUT2D eigenvalue weighted by Gasteiger charge is 2.07. The van der Waals surface area contributed by atoms with Crippen molar-refractivity contribution in [2.24, 2.45) is 0 Å². The average molecular weight is 348 g/mol. The molecule has 0 atom stereocenters. The second-order valence-corrected chi connectivity index (χ2v) is 5.93. The number of nitro benzene ring substituents is 1. The van der Waals surface area contributed by atoms with E-state index in [4.69, 9.17) is 4.74 Å². The van der Waals surface area contributed by atoms with E-state index >= 15 is 0 Å². The van der Waals surface area contributed by atoms with E-state index < -0.39 is 11.0 Å². The van der Waals surface area contributed by atoms with Crippen LogP contribution in [0.25, 0.3) is 0 Å². The number of carbonyl (C=O) groups is 1. The largest absolute Gasteiger partial charge is 0.508 e. The molecule has 126 valence electrons. The van der Waals surface area contributed by atoms with Crippen molar-refractivity contribution in [3.63, 3.8) is 0 Å². The number of ether oxygens (including phenoxy) is 1. The van der Waals surface area contributed by atoms with Gasteiger partial charge in [0, 0.05) is 23.6 Å². The zero-order chi connectivity index (χ0) is 17.4. The second-order valence-electron chi connectivity index (χ2n) is 4.76. The maximum absolute atomic E-state index is 11.6. The number of non-ortho nitro benzene ring substituents is 1. The van der Waals surface area contributed by atoms with Crippen LogP contribution in [-0.2, 0) is 0 Å². The molecule has 2 aromatic carbocycles. The summed E-state index contributed by atoms with van der Waals surface area (Å²) < 4.78 is 5.02. The van der Waals surface area contributed by atoms with Crippen molar-refractivity contribution in [2.75, 3.05) is 12.3 Å². The number of nitro groups is 1. The van der Waals surface area contributed by atoms with Crippen molar-refractivity contribution in [1.29, 1.82) is 0 Å². The Morgan fingerprint density at radius 2 is 1.83 bits per heavy atom. The summed E-state index contributed by atoms with van der Waals surface area (Å²) in [5.41, 5.74) is -0.0611. The summed E-state index contributed by atoms with van der Waals surface area (Å²) in [5, 5.41) is 22.3. The van der Waals surface area contributed by atoms with Gasteiger partial charge in [0.05, 0.1) is 4.92 Å². The third-order valence-corrected chi connectivity index (χ3v) is 4.05. The number of phenols is 1. The number of carbonyl (C=O) groups excluding carboxylic acids is 1. The monoisotopic (exact) mass is 348 g/mol. The first-order valence-electron chi connectivity index (χ1n) is 7.16. The van der Waals surface area contributed by atoms with Crippen LogP contribution in [0.4, 0.5) is 10.5 Å². The average Bonchev–Trinajstić information content (AvgIpc) is 2.56. The van der Waals surface area contributed by atoms with E-state index in [1.54, 1.807) is 23.9 Å². The molecule has 0 spiro atoms. The molecule has 8 heteroatoms. The van der Waals surface area contributed by atoms with Crippen LogP contribution in [0, 0.1) is 10.1 Å². The molecule has 0 aliphatic carbocycles. The lowest BCUT2D eigenvalue weighted by atomic mass is 10.3. The minimum Gasteiger partial charge on any atom is -0.508 e. The number of nitrogens with zero attached hydrogens (tertiary/aromatic N) is 1. The van der Waals surface area contributed by atoms with Crippen LogP contribution in [0.15, 0.2) is 53.4 Å². The van der Waals surface area contributed by atoms with E-state index in [9.17, 15) is 20.0 Å². The lowest BCUT2D eigenvalue weighted by molar-refractivity contribution is -0.384. The van der Waals surface area contributed by atoms with E-state index in [0.717, 1.165) is 17.1 Å². The highest BCUT2D eigenvalue weighted by Crippen LogP contribution is 2.21. The maximum atomic E-state index is 11.6. The SMILES string of the molecule is O=C(NCCCSc1ccc(O)cc1)Oc1ccc([N+](=O)[O-])cc1. The lowest BCUT2D eigenvalue weighted by Gasteiger charge is -2.06. The molecule has 24 heavy (non-hydrogen) atoms. The number of phenolic OH excluding ortho intramolecular Hbond substituents is 1. The van der Waals surface area contributed by atoms with Gasteiger partial charge in [0.2, 0.25) is 0 Å². The molecule has 1 amide bonds. The van der Waals surface area contributed by atoms with Gasteiger partial charge in [-0.3, -0.25) is 10.1 Å². The number of benzene rings is 2. The number of hydrogen-bond acceptors (Lipinski definition) is 6. The minimum absolute atomic E-state index is 0.0611. The number of hydrogen-bond donors (Lipinski definition) is 2. The smallest absolute Gasteiger partial charge is 0.412 e. The van der Waals surface area contributed by atoms with Crippen LogP contribution in [0.5, 0.6) is 11.5 Å². The van der Waals surface area contributed by atoms with Crippen LogP contribution in [0.2, 0.25) is 0 Å². The molecule has 0 aliphatic heterocycles. The van der Waals surface area contributed by atoms with E-state index in [0.29, 0.717) is 6.54 Å². The van der Waals surface area contributed by atoms with Gasteiger partial charge < -0.3 is 15.2 Å². The Morgan fingerprint density at radius 3 is 2.46 bits per heavy atom. The fourth-order valence-electron chi connectivity index (χ4n) is 1.77. The second kappa shape index (κ2) is 8.78. The van der Waals surface area contributed by atoms with E-state index in [2.05, 4.69) is 5.32 Å². The van der Waals surface area contributed by atoms with Gasteiger partial charge in [0.15, 0.2) is 0 Å². The quantitative estimate of drug-likeness (QED) is 0.343. The van der Waals surface area contributed by atoms with Gasteiger partial charge in [-0.1, -0.05) is 0 Å². The molecule has 0 saturated heterocycles. The van der Waals surface area contributed by atoms with Crippen LogP contribution in [0.1, 0.15) is 6.42 Å². The van der Waals surface area contributed by atoms with Gasteiger partial charge in [-0.15, -0.1) is 11.8 Å². The molecule has 0 bridgehead atoms. The van der Waals surface area contributed by atoms with E-state index in [1.807, 2.05) is 12.1 Å². The zero-order valence-electron chi connectivity index (χ0n) is 12.7. The summed E-state index contributed by atoms with van der Waals surface area (Å²) in [6.07, 6.45) is 0.152. The summed E-state index contributed by atoms with van der Waals surface area (Å²) in [6.45, 7) is 0.455. The molecule has 2 N–H and O–H groups in total. The Kier molecular flexibility index (Phi) is 6.44. The van der Waals surface area contributed by atoms with Crippen LogP contribution >= 0.6 is 11.8 Å². The molecule has 0 aromatic heterocycles. The van der Waals surface area contributed by atoms with Crippen LogP contribution in [-0.4, -0.2) is 28.4 Å². The molecular weight excluding hydrogens is 332 g/mol. The maximum Gasteiger partial charge on any atom is 0.412 e. The normalized spacial score (nSPS) is 10.2. The molecule has 0 aliphatic rings. The standard InChI is InChI=1S/C16H16N2O5S/c19-13-4-8-15(9-5-13)24-11-1-10-17-16(20)23-14-6-2-12(3-7-14)18(21)22/h2-9,19H,1,10-11H2,(H,17,20). The molecule has 0 radical (unpaired) electrons. The molecule has 7 nitrogen and oxygen atoms in total. The van der Waals surface area contributed by atoms with Crippen LogP contribution in [0.3, 0.4) is 0 Å². The highest BCUT2D eigenvalue weighted by molar-refractivity contribution is 7.99. The Bertz CT molecular complexity index is 689. The zero-order valence-corrected chi connectivity index (χ0v) is 13.5. The van der Waals surface area contributed by atoms with Crippen molar-refractivity contribution in [1.82, 2.24) is 5.32 Å². The van der Waals surface area contributed by atoms with Crippen molar-refractivity contribution in [2.45, 2.75) is 11.3 Å². The van der Waals surface area contributed by atoms with Crippen molar-refractivity contribution in [3.8, 4) is 11.5 Å². The lowest BCUT2D eigenvalue weighted by Crippen LogP contribution is -2.27. The fraction of sp³-hybridized carbons (Fsp3) is 0.188. The van der Waals surface area contributed by atoms with Gasteiger partial charge in [-0.2, -0.15) is 0 Å². The third-order valence-electron chi connectivity index (χ3n) is 2.95. The molecular formula is C16H16N2O5S. The first kappa shape index (κ1) is 17.6. The number of thioether (sulfide) groups is 1. The predicted molar refractivity (Wildman–Crippen MR) is 90.6 cm³/mol. The number of rotatable bonds is 7. The topological polar surface area (TPSA) is 102 Å². The fourth-order valence-corrected chi connectivity index (χ4v) is 2.63. The molecule has 2 rings (SSSR count). The Labute approximate surface area is 142 Å².